The zero-order valence-corrected chi connectivity index (χ0v) is 19.6. The van der Waals surface area contributed by atoms with Gasteiger partial charge in [0.1, 0.15) is 11.6 Å². The molecule has 0 atom stereocenters. The average Bonchev–Trinajstić information content (AvgIpc) is 3.13. The molecular weight excluding hydrogens is 398 g/mol. The number of aryl methyl sites for hydroxylation is 3. The van der Waals surface area contributed by atoms with Crippen LogP contribution in [0.2, 0.25) is 0 Å². The molecule has 0 unspecified atom stereocenters. The van der Waals surface area contributed by atoms with Crippen LogP contribution in [0.15, 0.2) is 48.5 Å². The third-order valence-electron chi connectivity index (χ3n) is 5.64. The van der Waals surface area contributed by atoms with Crippen LogP contribution in [-0.2, 0) is 17.8 Å². The topological polar surface area (TPSA) is 56.2 Å². The highest BCUT2D eigenvalue weighted by Crippen LogP contribution is 2.19. The molecule has 32 heavy (non-hydrogen) atoms. The SMILES string of the molecule is CCCC(=O)NCCCCCc1nc2ccccc2n1CCCCOc1cccc(C)c1. The minimum Gasteiger partial charge on any atom is -0.494 e. The average molecular weight is 436 g/mol. The number of para-hydroxylation sites is 2. The molecule has 0 aliphatic carbocycles. The van der Waals surface area contributed by atoms with Crippen molar-refractivity contribution in [2.45, 2.75) is 71.8 Å². The van der Waals surface area contributed by atoms with Crippen LogP contribution in [0.1, 0.15) is 63.3 Å². The number of ether oxygens (including phenoxy) is 1. The number of hydrogen-bond donors (Lipinski definition) is 1. The van der Waals surface area contributed by atoms with E-state index in [2.05, 4.69) is 53.2 Å². The van der Waals surface area contributed by atoms with Crippen molar-refractivity contribution in [3.63, 3.8) is 0 Å². The molecule has 0 aliphatic heterocycles. The Morgan fingerprint density at radius 3 is 2.75 bits per heavy atom. The Kier molecular flexibility index (Phi) is 9.60. The maximum Gasteiger partial charge on any atom is 0.219 e. The number of fused-ring (bicyclic) bond motifs is 1. The molecule has 1 heterocycles. The zero-order valence-electron chi connectivity index (χ0n) is 19.6. The molecule has 172 valence electrons. The monoisotopic (exact) mass is 435 g/mol. The van der Waals surface area contributed by atoms with Crippen LogP contribution in [0.5, 0.6) is 5.75 Å². The first kappa shape index (κ1) is 23.8. The van der Waals surface area contributed by atoms with Gasteiger partial charge >= 0.3 is 0 Å². The quantitative estimate of drug-likeness (QED) is 0.324. The molecule has 0 saturated carbocycles. The Balaban J connectivity index is 1.45. The number of nitrogens with one attached hydrogen (secondary N) is 1. The number of nitrogens with zero attached hydrogens (tertiary/aromatic N) is 2. The second-order valence-electron chi connectivity index (χ2n) is 8.45. The number of carbonyl (C=O) groups is 1. The molecule has 0 fully saturated rings. The Morgan fingerprint density at radius 1 is 1.03 bits per heavy atom. The van der Waals surface area contributed by atoms with Gasteiger partial charge in [-0.1, -0.05) is 37.6 Å². The minimum absolute atomic E-state index is 0.167. The molecule has 0 radical (unpaired) electrons. The number of rotatable bonds is 14. The first-order chi connectivity index (χ1) is 15.7. The van der Waals surface area contributed by atoms with Crippen molar-refractivity contribution in [3.05, 3.63) is 59.9 Å². The molecular formula is C27H37N3O2. The van der Waals surface area contributed by atoms with Gasteiger partial charge in [-0.25, -0.2) is 4.98 Å². The van der Waals surface area contributed by atoms with Crippen LogP contribution in [0.25, 0.3) is 11.0 Å². The number of imidazole rings is 1. The Labute approximate surface area is 192 Å². The van der Waals surface area contributed by atoms with Crippen LogP contribution in [0.4, 0.5) is 0 Å². The van der Waals surface area contributed by atoms with Gasteiger partial charge in [0.15, 0.2) is 0 Å². The Hall–Kier alpha value is -2.82. The molecule has 5 heteroatoms. The second kappa shape index (κ2) is 12.9. The molecule has 1 aromatic heterocycles. The van der Waals surface area contributed by atoms with Gasteiger partial charge in [0.2, 0.25) is 5.91 Å². The Morgan fingerprint density at radius 2 is 1.91 bits per heavy atom. The molecule has 5 nitrogen and oxygen atoms in total. The van der Waals surface area contributed by atoms with Crippen LogP contribution in [-0.4, -0.2) is 28.6 Å². The lowest BCUT2D eigenvalue weighted by Crippen LogP contribution is -2.23. The number of aromatic nitrogens is 2. The highest BCUT2D eigenvalue weighted by atomic mass is 16.5. The first-order valence-electron chi connectivity index (χ1n) is 12.1. The van der Waals surface area contributed by atoms with Gasteiger partial charge in [-0.2, -0.15) is 0 Å². The fraction of sp³-hybridized carbons (Fsp3) is 0.481. The highest BCUT2D eigenvalue weighted by molar-refractivity contribution is 5.76. The van der Waals surface area contributed by atoms with Crippen molar-refractivity contribution in [3.8, 4) is 5.75 Å². The summed E-state index contributed by atoms with van der Waals surface area (Å²) in [5.41, 5.74) is 3.51. The lowest BCUT2D eigenvalue weighted by Gasteiger charge is -2.11. The minimum atomic E-state index is 0.167. The summed E-state index contributed by atoms with van der Waals surface area (Å²) in [4.78, 5) is 16.5. The maximum atomic E-state index is 11.6. The van der Waals surface area contributed by atoms with E-state index in [1.165, 1.54) is 16.9 Å². The van der Waals surface area contributed by atoms with Gasteiger partial charge in [0.25, 0.3) is 0 Å². The molecule has 1 amide bonds. The summed E-state index contributed by atoms with van der Waals surface area (Å²) < 4.78 is 8.28. The van der Waals surface area contributed by atoms with Crippen LogP contribution >= 0.6 is 0 Å². The second-order valence-corrected chi connectivity index (χ2v) is 8.45. The fourth-order valence-electron chi connectivity index (χ4n) is 3.96. The summed E-state index contributed by atoms with van der Waals surface area (Å²) in [6.07, 6.45) is 7.77. The van der Waals surface area contributed by atoms with Crippen molar-refractivity contribution in [2.75, 3.05) is 13.2 Å². The van der Waals surface area contributed by atoms with Crippen LogP contribution in [0.3, 0.4) is 0 Å². The van der Waals surface area contributed by atoms with Crippen molar-refractivity contribution in [1.29, 1.82) is 0 Å². The largest absolute Gasteiger partial charge is 0.494 e. The van der Waals surface area contributed by atoms with Gasteiger partial charge in [0.05, 0.1) is 17.6 Å². The van der Waals surface area contributed by atoms with Crippen molar-refractivity contribution in [2.24, 2.45) is 0 Å². The van der Waals surface area contributed by atoms with E-state index in [1.54, 1.807) is 0 Å². The van der Waals surface area contributed by atoms with Gasteiger partial charge in [-0.3, -0.25) is 4.79 Å². The van der Waals surface area contributed by atoms with Crippen LogP contribution in [0, 0.1) is 6.92 Å². The predicted molar refractivity (Wildman–Crippen MR) is 131 cm³/mol. The number of unbranched alkanes of at least 4 members (excludes halogenated alkanes) is 3. The summed E-state index contributed by atoms with van der Waals surface area (Å²) >= 11 is 0. The number of hydrogen-bond acceptors (Lipinski definition) is 3. The lowest BCUT2D eigenvalue weighted by atomic mass is 10.2. The van der Waals surface area contributed by atoms with Crippen LogP contribution < -0.4 is 10.1 Å². The number of carbonyl (C=O) groups excluding carboxylic acids is 1. The number of benzene rings is 2. The normalized spacial score (nSPS) is 11.1. The summed E-state index contributed by atoms with van der Waals surface area (Å²) in [6, 6.07) is 16.6. The van der Waals surface area contributed by atoms with E-state index in [0.29, 0.717) is 6.42 Å². The first-order valence-corrected chi connectivity index (χ1v) is 12.1. The third-order valence-corrected chi connectivity index (χ3v) is 5.64. The maximum absolute atomic E-state index is 11.6. The molecule has 0 saturated heterocycles. The summed E-state index contributed by atoms with van der Waals surface area (Å²) in [6.45, 7) is 6.58. The third kappa shape index (κ3) is 7.40. The van der Waals surface area contributed by atoms with E-state index >= 15 is 0 Å². The molecule has 1 N–H and O–H groups in total. The van der Waals surface area contributed by atoms with E-state index in [0.717, 1.165) is 75.9 Å². The summed E-state index contributed by atoms with van der Waals surface area (Å²) in [5.74, 6) is 2.28. The van der Waals surface area contributed by atoms with Gasteiger partial charge < -0.3 is 14.6 Å². The van der Waals surface area contributed by atoms with Gasteiger partial charge in [-0.05, 0) is 68.9 Å². The molecule has 0 spiro atoms. The van der Waals surface area contributed by atoms with Gasteiger partial charge in [-0.15, -0.1) is 0 Å². The molecule has 2 aromatic carbocycles. The smallest absolute Gasteiger partial charge is 0.219 e. The molecule has 0 aliphatic rings. The summed E-state index contributed by atoms with van der Waals surface area (Å²) in [5, 5.41) is 3.00. The molecule has 0 bridgehead atoms. The number of amides is 1. The van der Waals surface area contributed by atoms with Crippen molar-refractivity contribution in [1.82, 2.24) is 14.9 Å². The van der Waals surface area contributed by atoms with E-state index in [-0.39, 0.29) is 5.91 Å². The van der Waals surface area contributed by atoms with Crippen molar-refractivity contribution >= 4 is 16.9 Å². The standard InChI is InChI=1S/C27H37N3O2/c1-3-12-27(31)28-18-8-4-5-17-26-29-24-15-6-7-16-25(24)30(26)19-9-10-20-32-23-14-11-13-22(2)21-23/h6-7,11,13-16,21H,3-5,8-10,12,17-20H2,1-2H3,(H,28,31). The Bertz CT molecular complexity index is 980. The van der Waals surface area contributed by atoms with E-state index in [1.807, 2.05) is 19.1 Å². The summed E-state index contributed by atoms with van der Waals surface area (Å²) in [7, 11) is 0. The lowest BCUT2D eigenvalue weighted by molar-refractivity contribution is -0.121. The van der Waals surface area contributed by atoms with Gasteiger partial charge in [0, 0.05) is 25.9 Å². The van der Waals surface area contributed by atoms with E-state index in [4.69, 9.17) is 9.72 Å². The molecule has 3 rings (SSSR count). The molecule has 3 aromatic rings. The zero-order chi connectivity index (χ0) is 22.6. The van der Waals surface area contributed by atoms with E-state index in [9.17, 15) is 4.79 Å². The van der Waals surface area contributed by atoms with Crippen molar-refractivity contribution < 1.29 is 9.53 Å². The fourth-order valence-corrected chi connectivity index (χ4v) is 3.96. The predicted octanol–water partition coefficient (Wildman–Crippen LogP) is 5.83. The highest BCUT2D eigenvalue weighted by Gasteiger charge is 2.10. The van der Waals surface area contributed by atoms with E-state index < -0.39 is 0 Å².